The molecule has 136 valence electrons. The number of benzene rings is 1. The second-order valence-electron chi connectivity index (χ2n) is 7.09. The molecule has 26 heavy (non-hydrogen) atoms. The monoisotopic (exact) mass is 361 g/mol. The molecule has 1 N–H and O–H groups in total. The quantitative estimate of drug-likeness (QED) is 0.845. The second-order valence-corrected chi connectivity index (χ2v) is 7.09. The Labute approximate surface area is 149 Å². The lowest BCUT2D eigenvalue weighted by atomic mass is 9.86. The molecule has 1 unspecified atom stereocenters. The maximum atomic E-state index is 13.2. The Morgan fingerprint density at radius 2 is 1.81 bits per heavy atom. The molecule has 7 heteroatoms. The molecule has 1 aromatic heterocycles. The van der Waals surface area contributed by atoms with Gasteiger partial charge in [0, 0.05) is 12.4 Å². The van der Waals surface area contributed by atoms with Crippen molar-refractivity contribution in [3.63, 3.8) is 0 Å². The Balaban J connectivity index is 2.02. The van der Waals surface area contributed by atoms with Crippen molar-refractivity contribution in [3.05, 3.63) is 58.9 Å². The van der Waals surface area contributed by atoms with Crippen LogP contribution in [0.15, 0.2) is 46.5 Å². The molecule has 0 spiro atoms. The number of alkyl halides is 3. The van der Waals surface area contributed by atoms with Gasteiger partial charge in [-0.3, -0.25) is 9.98 Å². The minimum atomic E-state index is -4.52. The van der Waals surface area contributed by atoms with Gasteiger partial charge < -0.3 is 5.11 Å². The molecule has 0 bridgehead atoms. The van der Waals surface area contributed by atoms with Crippen LogP contribution in [0, 0.1) is 0 Å². The lowest BCUT2D eigenvalue weighted by Gasteiger charge is -2.20. The van der Waals surface area contributed by atoms with Gasteiger partial charge in [0.1, 0.15) is 11.8 Å². The maximum absolute atomic E-state index is 13.2. The van der Waals surface area contributed by atoms with E-state index in [0.717, 1.165) is 11.6 Å². The molecule has 0 saturated heterocycles. The van der Waals surface area contributed by atoms with Gasteiger partial charge in [0.2, 0.25) is 0 Å². The predicted octanol–water partition coefficient (Wildman–Crippen LogP) is 4.68. The van der Waals surface area contributed by atoms with Crippen molar-refractivity contribution in [2.24, 2.45) is 9.98 Å². The Bertz CT molecular complexity index is 896. The lowest BCUT2D eigenvalue weighted by molar-refractivity contribution is -0.138. The van der Waals surface area contributed by atoms with Gasteiger partial charge in [0.05, 0.1) is 16.8 Å². The van der Waals surface area contributed by atoms with Gasteiger partial charge in [-0.15, -0.1) is 0 Å². The largest absolute Gasteiger partial charge is 0.507 e. The van der Waals surface area contributed by atoms with E-state index >= 15 is 0 Å². The number of hydrogen-bond acceptors (Lipinski definition) is 4. The number of amidine groups is 1. The normalized spacial score (nSPS) is 17.5. The summed E-state index contributed by atoms with van der Waals surface area (Å²) in [5.41, 5.74) is 0.148. The van der Waals surface area contributed by atoms with Gasteiger partial charge in [-0.2, -0.15) is 13.2 Å². The number of hydrogen-bond donors (Lipinski definition) is 1. The highest BCUT2D eigenvalue weighted by atomic mass is 19.4. The van der Waals surface area contributed by atoms with Crippen LogP contribution in [-0.4, -0.2) is 22.1 Å². The fourth-order valence-corrected chi connectivity index (χ4v) is 2.69. The predicted molar refractivity (Wildman–Crippen MR) is 93.8 cm³/mol. The van der Waals surface area contributed by atoms with Crippen molar-refractivity contribution in [2.75, 3.05) is 0 Å². The number of phenols is 1. The molecule has 0 aliphatic carbocycles. The van der Waals surface area contributed by atoms with Gasteiger partial charge in [-0.25, -0.2) is 4.99 Å². The number of aliphatic imine (C=N–C) groups is 2. The number of halogens is 3. The fraction of sp³-hybridized carbons (Fsp3) is 0.316. The Morgan fingerprint density at radius 1 is 1.08 bits per heavy atom. The highest BCUT2D eigenvalue weighted by Gasteiger charge is 2.36. The topological polar surface area (TPSA) is 57.8 Å². The number of phenolic OH excluding ortho intramolecular Hbond substituents is 1. The summed E-state index contributed by atoms with van der Waals surface area (Å²) in [6, 6.07) is 6.37. The van der Waals surface area contributed by atoms with Crippen LogP contribution in [0.1, 0.15) is 49.2 Å². The third kappa shape index (κ3) is 3.47. The zero-order valence-corrected chi connectivity index (χ0v) is 14.5. The number of aromatic hydroxyl groups is 1. The first-order valence-electron chi connectivity index (χ1n) is 8.05. The molecule has 0 radical (unpaired) electrons. The van der Waals surface area contributed by atoms with E-state index in [4.69, 9.17) is 0 Å². The highest BCUT2D eigenvalue weighted by molar-refractivity contribution is 6.08. The van der Waals surface area contributed by atoms with Crippen molar-refractivity contribution in [1.29, 1.82) is 0 Å². The Kier molecular flexibility index (Phi) is 4.34. The van der Waals surface area contributed by atoms with Gasteiger partial charge in [0.15, 0.2) is 5.84 Å². The van der Waals surface area contributed by atoms with Crippen molar-refractivity contribution in [3.8, 4) is 5.75 Å². The third-order valence-corrected chi connectivity index (χ3v) is 4.13. The van der Waals surface area contributed by atoms with Gasteiger partial charge in [-0.1, -0.05) is 26.8 Å². The summed E-state index contributed by atoms with van der Waals surface area (Å²) in [5, 5.41) is 10.2. The van der Waals surface area contributed by atoms with Crippen molar-refractivity contribution < 1.29 is 18.3 Å². The van der Waals surface area contributed by atoms with Gasteiger partial charge in [0.25, 0.3) is 0 Å². The van der Waals surface area contributed by atoms with Crippen molar-refractivity contribution >= 4 is 12.1 Å². The molecule has 4 nitrogen and oxygen atoms in total. The lowest BCUT2D eigenvalue weighted by Crippen LogP contribution is -2.13. The first kappa shape index (κ1) is 18.1. The Morgan fingerprint density at radius 3 is 2.46 bits per heavy atom. The molecule has 0 amide bonds. The molecule has 0 saturated carbocycles. The maximum Gasteiger partial charge on any atom is 0.418 e. The van der Waals surface area contributed by atoms with Gasteiger partial charge in [-0.05, 0) is 35.2 Å². The number of aromatic nitrogens is 1. The van der Waals surface area contributed by atoms with Crippen molar-refractivity contribution in [1.82, 2.24) is 4.98 Å². The number of pyridine rings is 1. The van der Waals surface area contributed by atoms with E-state index in [9.17, 15) is 18.3 Å². The molecule has 1 aliphatic rings. The average molecular weight is 361 g/mol. The van der Waals surface area contributed by atoms with Crippen LogP contribution in [0.25, 0.3) is 0 Å². The molecule has 0 fully saturated rings. The summed E-state index contributed by atoms with van der Waals surface area (Å²) < 4.78 is 39.6. The molecule has 2 heterocycles. The van der Waals surface area contributed by atoms with Crippen LogP contribution in [0.2, 0.25) is 0 Å². The minimum Gasteiger partial charge on any atom is -0.507 e. The standard InChI is InChI=1S/C19H18F3N3O/c1-18(2,3)11-6-7-15(26)12(9-11)17-24-10-14(25-17)16-13(19(20,21)22)5-4-8-23-16/h4-10,14,26H,1-3H3. The van der Waals surface area contributed by atoms with Gasteiger partial charge >= 0.3 is 6.18 Å². The van der Waals surface area contributed by atoms with Crippen LogP contribution >= 0.6 is 0 Å². The smallest absolute Gasteiger partial charge is 0.418 e. The first-order valence-corrected chi connectivity index (χ1v) is 8.05. The summed E-state index contributed by atoms with van der Waals surface area (Å²) in [6.07, 6.45) is -1.91. The van der Waals surface area contributed by atoms with Crippen LogP contribution in [0.3, 0.4) is 0 Å². The molecule has 2 aromatic rings. The first-order chi connectivity index (χ1) is 12.1. The second kappa shape index (κ2) is 6.23. The molecular formula is C19H18F3N3O. The third-order valence-electron chi connectivity index (χ3n) is 4.13. The van der Waals surface area contributed by atoms with E-state index < -0.39 is 17.8 Å². The van der Waals surface area contributed by atoms with Crippen LogP contribution in [-0.2, 0) is 11.6 Å². The fourth-order valence-electron chi connectivity index (χ4n) is 2.69. The summed E-state index contributed by atoms with van der Waals surface area (Å²) in [6.45, 7) is 6.07. The summed E-state index contributed by atoms with van der Waals surface area (Å²) in [7, 11) is 0. The molecule has 1 atom stereocenters. The van der Waals surface area contributed by atoms with Crippen molar-refractivity contribution in [2.45, 2.75) is 38.4 Å². The van der Waals surface area contributed by atoms with Crippen LogP contribution in [0.4, 0.5) is 13.2 Å². The molecule has 3 rings (SSSR count). The van der Waals surface area contributed by atoms with E-state index in [1.54, 1.807) is 18.2 Å². The number of rotatable bonds is 2. The molecule has 1 aliphatic heterocycles. The number of nitrogens with zero attached hydrogens (tertiary/aromatic N) is 3. The van der Waals surface area contributed by atoms with E-state index in [-0.39, 0.29) is 22.7 Å². The summed E-state index contributed by atoms with van der Waals surface area (Å²) in [5.74, 6) is 0.170. The minimum absolute atomic E-state index is 0.0217. The van der Waals surface area contributed by atoms with E-state index in [2.05, 4.69) is 15.0 Å². The van der Waals surface area contributed by atoms with E-state index in [0.29, 0.717) is 5.56 Å². The Hall–Kier alpha value is -2.70. The zero-order valence-electron chi connectivity index (χ0n) is 14.5. The highest BCUT2D eigenvalue weighted by Crippen LogP contribution is 2.36. The van der Waals surface area contributed by atoms with Crippen LogP contribution < -0.4 is 0 Å². The van der Waals surface area contributed by atoms with Crippen LogP contribution in [0.5, 0.6) is 5.75 Å². The SMILES string of the molecule is CC(C)(C)c1ccc(O)c(C2=NC(c3ncccc3C(F)(F)F)C=N2)c1. The zero-order chi connectivity index (χ0) is 19.1. The summed E-state index contributed by atoms with van der Waals surface area (Å²) >= 11 is 0. The van der Waals surface area contributed by atoms with E-state index in [1.807, 2.05) is 20.8 Å². The average Bonchev–Trinajstić information content (AvgIpc) is 3.03. The molecular weight excluding hydrogens is 343 g/mol. The summed E-state index contributed by atoms with van der Waals surface area (Å²) in [4.78, 5) is 12.2. The molecule has 1 aromatic carbocycles. The van der Waals surface area contributed by atoms with E-state index in [1.165, 1.54) is 18.5 Å².